The number of fused-ring (bicyclic) bond motifs is 4. The molecule has 286 valence electrons. The minimum absolute atomic E-state index is 0.00272. The van der Waals surface area contributed by atoms with E-state index in [1.165, 1.54) is 11.2 Å². The Morgan fingerprint density at radius 3 is 2.60 bits per heavy atom. The van der Waals surface area contributed by atoms with Crippen LogP contribution in [-0.4, -0.2) is 115 Å². The van der Waals surface area contributed by atoms with Gasteiger partial charge in [-0.3, -0.25) is 14.5 Å². The van der Waals surface area contributed by atoms with Gasteiger partial charge in [-0.15, -0.1) is 0 Å². The van der Waals surface area contributed by atoms with Crippen LogP contribution in [0.1, 0.15) is 78.8 Å². The second-order valence-corrected chi connectivity index (χ2v) is 14.3. The number of hydrogen-bond donors (Lipinski definition) is 1. The highest BCUT2D eigenvalue weighted by Crippen LogP contribution is 2.22. The van der Waals surface area contributed by atoms with Crippen molar-refractivity contribution < 1.29 is 37.5 Å². The molecule has 1 fully saturated rings. The van der Waals surface area contributed by atoms with Gasteiger partial charge in [-0.2, -0.15) is 0 Å². The van der Waals surface area contributed by atoms with Crippen molar-refractivity contribution in [1.29, 1.82) is 0 Å². The van der Waals surface area contributed by atoms with Gasteiger partial charge in [0.15, 0.2) is 11.6 Å². The summed E-state index contributed by atoms with van der Waals surface area (Å²) in [6.45, 7) is 11.0. The summed E-state index contributed by atoms with van der Waals surface area (Å²) in [6, 6.07) is 7.30. The predicted octanol–water partition coefficient (Wildman–Crippen LogP) is 4.67. The van der Waals surface area contributed by atoms with Crippen molar-refractivity contribution in [3.63, 3.8) is 0 Å². The fourth-order valence-electron chi connectivity index (χ4n) is 6.63. The number of amides is 2. The lowest BCUT2D eigenvalue weighted by molar-refractivity contribution is -0.147. The highest BCUT2D eigenvalue weighted by molar-refractivity contribution is 5.96. The molecule has 5 rings (SSSR count). The molecule has 0 spiro atoms. The predicted molar refractivity (Wildman–Crippen MR) is 197 cm³/mol. The van der Waals surface area contributed by atoms with E-state index in [-0.39, 0.29) is 68.4 Å². The molecule has 0 saturated carbocycles. The molecule has 1 aromatic carbocycles. The van der Waals surface area contributed by atoms with Crippen molar-refractivity contribution in [3.8, 4) is 0 Å². The molecular formula is C40H52FN5O7. The summed E-state index contributed by atoms with van der Waals surface area (Å²) in [6.07, 6.45) is 6.16. The Morgan fingerprint density at radius 1 is 1.11 bits per heavy atom. The number of alkyl halides is 1. The first-order chi connectivity index (χ1) is 25.5. The maximum Gasteiger partial charge on any atom is 0.338 e. The van der Waals surface area contributed by atoms with E-state index in [4.69, 9.17) is 13.9 Å². The zero-order chi connectivity index (χ0) is 37.9. The molecule has 1 saturated heterocycles. The molecule has 13 heteroatoms. The van der Waals surface area contributed by atoms with Crippen LogP contribution in [0.2, 0.25) is 0 Å². The average Bonchev–Trinajstić information content (AvgIpc) is 3.83. The summed E-state index contributed by atoms with van der Waals surface area (Å²) in [7, 11) is 2.12. The van der Waals surface area contributed by atoms with Crippen LogP contribution in [0.5, 0.6) is 0 Å². The van der Waals surface area contributed by atoms with Crippen molar-refractivity contribution in [2.45, 2.75) is 77.8 Å². The molecule has 4 bridgehead atoms. The van der Waals surface area contributed by atoms with E-state index < -0.39 is 30.1 Å². The lowest BCUT2D eigenvalue weighted by atomic mass is 9.96. The third-order valence-corrected chi connectivity index (χ3v) is 9.94. The van der Waals surface area contributed by atoms with Crippen molar-refractivity contribution in [3.05, 3.63) is 88.7 Å². The topological polar surface area (TPSA) is 135 Å². The van der Waals surface area contributed by atoms with Crippen molar-refractivity contribution in [1.82, 2.24) is 25.0 Å². The number of halogens is 1. The standard InChI is InChI=1S/C40H52FN5O7/c1-5-35-28(3)8-13-36(47)42-15-6-7-27(2)21-33(52-39(49)30-11-9-29(10-12-30)24-45-19-17-44(4)18-20-45)22-32(41)23-37-43-34(26-51-37)38(48)46-16-14-31(25-46)40(50)53-35/h6-7,9-12,14,21,26,28,32-33,35H,5,8,13,15-20,22-25H2,1-4H3,(H,42,47)/b7-6+,27-21+/t28-,32?,33-,35-/m1/s1. The van der Waals surface area contributed by atoms with E-state index in [2.05, 4.69) is 27.1 Å². The number of nitrogens with one attached hydrogen (secondary N) is 1. The number of aromatic nitrogens is 1. The quantitative estimate of drug-likeness (QED) is 0.433. The maximum atomic E-state index is 15.6. The highest BCUT2D eigenvalue weighted by atomic mass is 19.1. The number of piperazine rings is 1. The van der Waals surface area contributed by atoms with Crippen LogP contribution in [0, 0.1) is 5.92 Å². The van der Waals surface area contributed by atoms with Gasteiger partial charge >= 0.3 is 11.9 Å². The Morgan fingerprint density at radius 2 is 1.87 bits per heavy atom. The van der Waals surface area contributed by atoms with Gasteiger partial charge in [0.05, 0.1) is 24.1 Å². The number of rotatable bonds is 5. The van der Waals surface area contributed by atoms with E-state index in [1.807, 2.05) is 32.9 Å². The molecule has 0 aliphatic carbocycles. The number of carbonyl (C=O) groups is 4. The minimum Gasteiger partial charge on any atom is -0.459 e. The monoisotopic (exact) mass is 733 g/mol. The first-order valence-electron chi connectivity index (χ1n) is 18.6. The third-order valence-electron chi connectivity index (χ3n) is 9.94. The van der Waals surface area contributed by atoms with E-state index in [0.717, 1.165) is 38.3 Å². The lowest BCUT2D eigenvalue weighted by Crippen LogP contribution is -2.43. The largest absolute Gasteiger partial charge is 0.459 e. The van der Waals surface area contributed by atoms with Gasteiger partial charge in [0.2, 0.25) is 5.91 Å². The van der Waals surface area contributed by atoms with Gasteiger partial charge in [0.1, 0.15) is 24.6 Å². The number of nitrogens with zero attached hydrogens (tertiary/aromatic N) is 4. The van der Waals surface area contributed by atoms with Crippen LogP contribution in [0.15, 0.2) is 70.4 Å². The average molecular weight is 734 g/mol. The SMILES string of the molecule is CC[C@H]1OC(=O)C2=CCN(C2)C(=O)c2coc(n2)CC(F)C[C@H](OC(=O)c2ccc(CN3CCN(C)CC3)cc2)/C=C(C)/C=C/CNC(=O)CC[C@H]1C. The third kappa shape index (κ3) is 11.7. The Kier molecular flexibility index (Phi) is 14.1. The van der Waals surface area contributed by atoms with Crippen molar-refractivity contribution >= 4 is 23.8 Å². The van der Waals surface area contributed by atoms with Crippen LogP contribution in [-0.2, 0) is 32.0 Å². The molecule has 4 atom stereocenters. The minimum atomic E-state index is -1.53. The van der Waals surface area contributed by atoms with Crippen LogP contribution in [0.25, 0.3) is 0 Å². The Bertz CT molecular complexity index is 1680. The molecular weight excluding hydrogens is 681 g/mol. The van der Waals surface area contributed by atoms with E-state index >= 15 is 4.39 Å². The van der Waals surface area contributed by atoms with Gasteiger partial charge in [-0.1, -0.05) is 49.8 Å². The summed E-state index contributed by atoms with van der Waals surface area (Å²) in [5, 5.41) is 2.87. The molecule has 1 N–H and O–H groups in total. The fraction of sp³-hybridized carbons (Fsp3) is 0.525. The van der Waals surface area contributed by atoms with Crippen LogP contribution < -0.4 is 5.32 Å². The second-order valence-electron chi connectivity index (χ2n) is 14.3. The number of oxazole rings is 1. The Hall–Kier alpha value is -4.62. The number of benzene rings is 1. The summed E-state index contributed by atoms with van der Waals surface area (Å²) in [4.78, 5) is 62.5. The number of cyclic esters (lactones) is 1. The Balaban J connectivity index is 1.29. The summed E-state index contributed by atoms with van der Waals surface area (Å²) in [5.74, 6) is -1.70. The number of carbonyl (C=O) groups excluding carboxylic acids is 4. The van der Waals surface area contributed by atoms with Crippen LogP contribution in [0.4, 0.5) is 4.39 Å². The van der Waals surface area contributed by atoms with Gasteiger partial charge in [-0.25, -0.2) is 19.0 Å². The highest BCUT2D eigenvalue weighted by Gasteiger charge is 2.30. The molecule has 3 aliphatic heterocycles. The molecule has 0 radical (unpaired) electrons. The molecule has 53 heavy (non-hydrogen) atoms. The van der Waals surface area contributed by atoms with Gasteiger partial charge < -0.3 is 29.0 Å². The maximum absolute atomic E-state index is 15.6. The first-order valence-corrected chi connectivity index (χ1v) is 18.6. The molecule has 3 aliphatic rings. The van der Waals surface area contributed by atoms with Gasteiger partial charge in [0, 0.05) is 58.7 Å². The van der Waals surface area contributed by atoms with Crippen molar-refractivity contribution in [2.75, 3.05) is 52.9 Å². The number of hydrogen-bond acceptors (Lipinski definition) is 10. The smallest absolute Gasteiger partial charge is 0.338 e. The zero-order valence-electron chi connectivity index (χ0n) is 31.2. The number of esters is 2. The van der Waals surface area contributed by atoms with Crippen LogP contribution >= 0.6 is 0 Å². The summed E-state index contributed by atoms with van der Waals surface area (Å²) < 4.78 is 32.8. The number of allylic oxidation sites excluding steroid dienone is 2. The van der Waals surface area contributed by atoms with E-state index in [9.17, 15) is 19.2 Å². The fourth-order valence-corrected chi connectivity index (χ4v) is 6.63. The summed E-state index contributed by atoms with van der Waals surface area (Å²) in [5.41, 5.74) is 2.53. The molecule has 12 nitrogen and oxygen atoms in total. The molecule has 1 aromatic heterocycles. The van der Waals surface area contributed by atoms with Crippen molar-refractivity contribution in [2.24, 2.45) is 5.92 Å². The second kappa shape index (κ2) is 18.9. The summed E-state index contributed by atoms with van der Waals surface area (Å²) >= 11 is 0. The van der Waals surface area contributed by atoms with E-state index in [1.54, 1.807) is 36.4 Å². The molecule has 2 aromatic rings. The first kappa shape index (κ1) is 39.6. The van der Waals surface area contributed by atoms with E-state index in [0.29, 0.717) is 29.6 Å². The van der Waals surface area contributed by atoms with Gasteiger partial charge in [0.25, 0.3) is 5.91 Å². The Labute approximate surface area is 311 Å². The van der Waals surface area contributed by atoms with Crippen LogP contribution in [0.3, 0.4) is 0 Å². The number of likely N-dealkylation sites (N-methyl/N-ethyl adjacent to an activating group) is 1. The zero-order valence-corrected chi connectivity index (χ0v) is 31.2. The molecule has 1 unspecified atom stereocenters. The normalized spacial score (nSPS) is 26.4. The van der Waals surface area contributed by atoms with Gasteiger partial charge in [-0.05, 0) is 56.5 Å². The molecule has 4 heterocycles. The molecule has 2 amide bonds. The lowest BCUT2D eigenvalue weighted by Gasteiger charge is -2.32. The number of ether oxygens (including phenoxy) is 2.